The molecule has 1 aliphatic carbocycles. The molecule has 0 bridgehead atoms. The summed E-state index contributed by atoms with van der Waals surface area (Å²) in [6, 6.07) is -0.892. The normalized spacial score (nSPS) is 38.6. The van der Waals surface area contributed by atoms with Crippen molar-refractivity contribution < 1.29 is 54.3 Å². The van der Waals surface area contributed by atoms with E-state index in [1.165, 1.54) is 0 Å². The predicted octanol–water partition coefficient (Wildman–Crippen LogP) is -5.28. The van der Waals surface area contributed by atoms with Gasteiger partial charge in [-0.05, 0) is 0 Å². The molecule has 0 aromatic carbocycles. The van der Waals surface area contributed by atoms with Crippen LogP contribution in [0.15, 0.2) is 0 Å². The van der Waals surface area contributed by atoms with Crippen LogP contribution in [0.2, 0.25) is 0 Å². The van der Waals surface area contributed by atoms with Crippen LogP contribution >= 0.6 is 0 Å². The summed E-state index contributed by atoms with van der Waals surface area (Å²) in [7, 11) is 0. The van der Waals surface area contributed by atoms with Crippen LogP contribution in [0, 0.1) is 0 Å². The monoisotopic (exact) mass is 293 g/mol. The van der Waals surface area contributed by atoms with Gasteiger partial charge in [-0.1, -0.05) is 0 Å². The molecule has 0 amide bonds. The van der Waals surface area contributed by atoms with Gasteiger partial charge in [0.05, 0.1) is 6.61 Å². The molecule has 114 valence electrons. The third-order valence-electron chi connectivity index (χ3n) is 2.68. The first-order valence-electron chi connectivity index (χ1n) is 4.88. The number of quaternary nitrogens is 1. The van der Waals surface area contributed by atoms with Crippen molar-refractivity contribution in [2.75, 3.05) is 6.61 Å². The third-order valence-corrected chi connectivity index (χ3v) is 2.68. The second-order valence-corrected chi connectivity index (χ2v) is 3.98. The van der Waals surface area contributed by atoms with Gasteiger partial charge >= 0.3 is 6.18 Å². The summed E-state index contributed by atoms with van der Waals surface area (Å²) >= 11 is 0. The first-order valence-corrected chi connectivity index (χ1v) is 4.88. The van der Waals surface area contributed by atoms with E-state index in [-0.39, 0.29) is 0 Å². The van der Waals surface area contributed by atoms with E-state index in [0.29, 0.717) is 0 Å². The van der Waals surface area contributed by atoms with Crippen molar-refractivity contribution >= 4 is 5.97 Å². The molecule has 0 spiro atoms. The zero-order chi connectivity index (χ0) is 15.6. The molecule has 0 aliphatic heterocycles. The minimum absolute atomic E-state index is 0.807. The van der Waals surface area contributed by atoms with Gasteiger partial charge in [0, 0.05) is 0 Å². The number of rotatable bonds is 1. The lowest BCUT2D eigenvalue weighted by Gasteiger charge is -2.26. The van der Waals surface area contributed by atoms with Crippen molar-refractivity contribution in [1.82, 2.24) is 0 Å². The lowest BCUT2D eigenvalue weighted by atomic mass is 9.98. The summed E-state index contributed by atoms with van der Waals surface area (Å²) in [4.78, 5) is 8.78. The van der Waals surface area contributed by atoms with E-state index in [1.54, 1.807) is 0 Å². The van der Waals surface area contributed by atoms with Crippen molar-refractivity contribution in [3.05, 3.63) is 0 Å². The highest BCUT2D eigenvalue weighted by atomic mass is 19.4. The second-order valence-electron chi connectivity index (χ2n) is 3.98. The Bertz CT molecular complexity index is 310. The summed E-state index contributed by atoms with van der Waals surface area (Å²) in [6.45, 7) is -0.807. The molecule has 1 fully saturated rings. The molecule has 0 aromatic heterocycles. The number of carbonyl (C=O) groups is 1. The number of carbonyl (C=O) groups excluding carboxylic acids is 1. The average molecular weight is 293 g/mol. The Balaban J connectivity index is 0.000000399. The lowest BCUT2D eigenvalue weighted by molar-refractivity contribution is -0.450. The third kappa shape index (κ3) is 3.75. The van der Waals surface area contributed by atoms with E-state index in [1.807, 2.05) is 0 Å². The van der Waals surface area contributed by atoms with Gasteiger partial charge in [0.1, 0.15) is 35.9 Å². The van der Waals surface area contributed by atoms with Crippen LogP contribution in [0.1, 0.15) is 0 Å². The van der Waals surface area contributed by atoms with Crippen LogP contribution < -0.4 is 10.8 Å². The molecular weight excluding hydrogens is 279 g/mol. The average Bonchev–Trinajstić information content (AvgIpc) is 2.45. The maximum absolute atomic E-state index is 10.5. The van der Waals surface area contributed by atoms with Crippen molar-refractivity contribution in [3.63, 3.8) is 0 Å². The summed E-state index contributed by atoms with van der Waals surface area (Å²) in [5.74, 6) is -3.01. The zero-order valence-corrected chi connectivity index (χ0v) is 9.41. The lowest BCUT2D eigenvalue weighted by Crippen LogP contribution is -2.70. The van der Waals surface area contributed by atoms with Crippen molar-refractivity contribution in [1.29, 1.82) is 0 Å². The smallest absolute Gasteiger partial charge is 0.430 e. The fraction of sp³-hybridized carbons (Fsp3) is 0.875. The van der Waals surface area contributed by atoms with E-state index < -0.39 is 48.7 Å². The zero-order valence-electron chi connectivity index (χ0n) is 9.41. The van der Waals surface area contributed by atoms with Gasteiger partial charge in [-0.3, -0.25) is 0 Å². The molecule has 11 heteroatoms. The number of carboxylic acid groups (broad SMARTS) is 1. The number of hydrogen-bond acceptors (Lipinski definition) is 7. The number of aliphatic hydroxyl groups is 5. The van der Waals surface area contributed by atoms with Crippen LogP contribution in [0.25, 0.3) is 0 Å². The number of aliphatic carboxylic acids is 1. The number of aliphatic hydroxyl groups excluding tert-OH is 4. The van der Waals surface area contributed by atoms with Crippen LogP contribution in [0.4, 0.5) is 13.2 Å². The van der Waals surface area contributed by atoms with Gasteiger partial charge in [-0.15, -0.1) is 0 Å². The molecule has 8 N–H and O–H groups in total. The van der Waals surface area contributed by atoms with Crippen molar-refractivity contribution in [3.8, 4) is 0 Å². The molecule has 0 aromatic rings. The fourth-order valence-corrected chi connectivity index (χ4v) is 1.45. The van der Waals surface area contributed by atoms with E-state index in [2.05, 4.69) is 5.73 Å². The Morgan fingerprint density at radius 2 is 1.63 bits per heavy atom. The molecule has 5 atom stereocenters. The van der Waals surface area contributed by atoms with E-state index >= 15 is 0 Å². The highest BCUT2D eigenvalue weighted by molar-refractivity contribution is 5.70. The van der Waals surface area contributed by atoms with Gasteiger partial charge in [-0.2, -0.15) is 13.2 Å². The molecule has 1 saturated carbocycles. The first-order chi connectivity index (χ1) is 8.39. The Morgan fingerprint density at radius 1 is 1.26 bits per heavy atom. The topological polar surface area (TPSA) is 169 Å². The van der Waals surface area contributed by atoms with E-state index in [0.717, 1.165) is 0 Å². The Hall–Kier alpha value is -0.980. The van der Waals surface area contributed by atoms with Crippen molar-refractivity contribution in [2.45, 2.75) is 36.1 Å². The largest absolute Gasteiger partial charge is 0.542 e. The minimum atomic E-state index is -5.19. The molecular formula is C8H14F3NO7. The Morgan fingerprint density at radius 3 is 1.74 bits per heavy atom. The quantitative estimate of drug-likeness (QED) is 0.280. The Labute approximate surface area is 104 Å². The van der Waals surface area contributed by atoms with E-state index in [4.69, 9.17) is 20.1 Å². The van der Waals surface area contributed by atoms with Gasteiger partial charge in [0.15, 0.2) is 0 Å². The molecule has 0 unspecified atom stereocenters. The maximum Gasteiger partial charge on any atom is 0.430 e. The highest BCUT2D eigenvalue weighted by Gasteiger charge is 2.59. The molecule has 1 aliphatic rings. The van der Waals surface area contributed by atoms with Crippen LogP contribution in [0.3, 0.4) is 0 Å². The number of hydrogen-bond donors (Lipinski definition) is 6. The first kappa shape index (κ1) is 18.0. The van der Waals surface area contributed by atoms with Gasteiger partial charge < -0.3 is 41.2 Å². The highest BCUT2D eigenvalue weighted by Crippen LogP contribution is 2.28. The standard InChI is InChI=1S/C6H13NO5.C2HF3O2/c7-2-3(9)5(11)6(12,1-8)4(2)10;3-2(4,5)1(6)7/h2-5,8-12H,1,7H2;(H,6,7)/t2-,3-,4-,5+,6-;/m1./s1. The van der Waals surface area contributed by atoms with Gasteiger partial charge in [-0.25, -0.2) is 0 Å². The predicted molar refractivity (Wildman–Crippen MR) is 47.8 cm³/mol. The summed E-state index contributed by atoms with van der Waals surface area (Å²) in [5.41, 5.74) is 1.31. The van der Waals surface area contributed by atoms with Crippen LogP contribution in [-0.2, 0) is 4.79 Å². The Kier molecular flexibility index (Phi) is 5.67. The van der Waals surface area contributed by atoms with Crippen molar-refractivity contribution in [2.24, 2.45) is 0 Å². The van der Waals surface area contributed by atoms with Gasteiger partial charge in [0.25, 0.3) is 0 Å². The van der Waals surface area contributed by atoms with E-state index in [9.17, 15) is 28.5 Å². The molecule has 0 radical (unpaired) electrons. The summed E-state index contributed by atoms with van der Waals surface area (Å²) in [6.07, 6.45) is -9.47. The SMILES string of the molecule is O=C([O-])C(F)(F)F.[NH3+][C@@H]1[C@@H](O)[C@H](O)[C@@](O)(CO)[C@@H]1O. The minimum Gasteiger partial charge on any atom is -0.542 e. The molecule has 1 rings (SSSR count). The fourth-order valence-electron chi connectivity index (χ4n) is 1.45. The second kappa shape index (κ2) is 5.98. The number of halogens is 3. The molecule has 19 heavy (non-hydrogen) atoms. The maximum atomic E-state index is 10.5. The van der Waals surface area contributed by atoms with Gasteiger partial charge in [0.2, 0.25) is 0 Å². The molecule has 0 saturated heterocycles. The van der Waals surface area contributed by atoms with Crippen LogP contribution in [0.5, 0.6) is 0 Å². The van der Waals surface area contributed by atoms with Crippen LogP contribution in [-0.4, -0.2) is 74.2 Å². The molecule has 0 heterocycles. The summed E-state index contributed by atoms with van der Waals surface area (Å²) in [5, 5.41) is 54.5. The number of carboxylic acids is 1. The molecule has 8 nitrogen and oxygen atoms in total. The summed E-state index contributed by atoms with van der Waals surface area (Å²) < 4.78 is 31.5. The number of alkyl halides is 3.